The molecule has 1 aliphatic rings. The lowest BCUT2D eigenvalue weighted by atomic mass is 9.90. The summed E-state index contributed by atoms with van der Waals surface area (Å²) in [5.74, 6) is -0.0477. The van der Waals surface area contributed by atoms with Crippen molar-refractivity contribution < 1.29 is 9.59 Å². The summed E-state index contributed by atoms with van der Waals surface area (Å²) >= 11 is 0. The van der Waals surface area contributed by atoms with Crippen LogP contribution in [0.2, 0.25) is 0 Å². The number of carbonyl (C=O) groups excluding carboxylic acids is 2. The molecule has 1 rings (SSSR count). The van der Waals surface area contributed by atoms with E-state index in [-0.39, 0.29) is 23.8 Å². The fraction of sp³-hybridized carbons (Fsp3) is 0.850. The monoisotopic (exact) mass is 396 g/mol. The Morgan fingerprint density at radius 3 is 2.46 bits per heavy atom. The maximum absolute atomic E-state index is 13.1. The zero-order valence-corrected chi connectivity index (χ0v) is 17.7. The zero-order chi connectivity index (χ0) is 20.8. The number of hydrogen-bond donors (Lipinski definition) is 5. The largest absolute Gasteiger partial charge is 0.370 e. The minimum Gasteiger partial charge on any atom is -0.370 e. The molecule has 8 heteroatoms. The van der Waals surface area contributed by atoms with Crippen LogP contribution in [-0.2, 0) is 9.59 Å². The topological polar surface area (TPSA) is 135 Å². The summed E-state index contributed by atoms with van der Waals surface area (Å²) in [4.78, 5) is 29.5. The fourth-order valence-electron chi connectivity index (χ4n) is 3.57. The van der Waals surface area contributed by atoms with Crippen LogP contribution in [0.1, 0.15) is 78.1 Å². The maximum Gasteiger partial charge on any atom is 0.245 e. The third-order valence-electron chi connectivity index (χ3n) is 5.51. The molecule has 0 aromatic rings. The Bertz CT molecular complexity index is 501. The highest BCUT2D eigenvalue weighted by Gasteiger charge is 2.37. The lowest BCUT2D eigenvalue weighted by molar-refractivity contribution is -0.134. The molecular formula is C20H40N6O2. The summed E-state index contributed by atoms with van der Waals surface area (Å²) in [6, 6.07) is -0.0267. The molecule has 0 radical (unpaired) electrons. The normalized spacial score (nSPS) is 22.3. The van der Waals surface area contributed by atoms with Gasteiger partial charge in [0.2, 0.25) is 11.8 Å². The smallest absolute Gasteiger partial charge is 0.245 e. The van der Waals surface area contributed by atoms with Crippen molar-refractivity contribution in [2.24, 2.45) is 16.5 Å². The highest BCUT2D eigenvalue weighted by atomic mass is 16.2. The Morgan fingerprint density at radius 1 is 1.11 bits per heavy atom. The van der Waals surface area contributed by atoms with Gasteiger partial charge in [-0.15, -0.1) is 0 Å². The lowest BCUT2D eigenvalue weighted by Crippen LogP contribution is -2.60. The summed E-state index contributed by atoms with van der Waals surface area (Å²) in [6.45, 7) is 6.07. The second kappa shape index (κ2) is 13.4. The number of nitrogens with two attached hydrogens (primary N) is 2. The molecule has 0 aliphatic carbocycles. The molecule has 1 saturated heterocycles. The van der Waals surface area contributed by atoms with E-state index < -0.39 is 5.54 Å². The van der Waals surface area contributed by atoms with Gasteiger partial charge in [-0.2, -0.15) is 0 Å². The highest BCUT2D eigenvalue weighted by molar-refractivity contribution is 5.91. The van der Waals surface area contributed by atoms with Gasteiger partial charge in [-0.05, 0) is 45.1 Å². The number of hydrogen-bond acceptors (Lipinski definition) is 4. The first kappa shape index (κ1) is 24.2. The van der Waals surface area contributed by atoms with Gasteiger partial charge in [0.05, 0.1) is 0 Å². The number of carbonyl (C=O) groups is 2. The van der Waals surface area contributed by atoms with Crippen LogP contribution in [0.25, 0.3) is 0 Å². The van der Waals surface area contributed by atoms with E-state index in [1.165, 1.54) is 0 Å². The molecule has 0 bridgehead atoms. The van der Waals surface area contributed by atoms with E-state index in [0.29, 0.717) is 32.4 Å². The van der Waals surface area contributed by atoms with Crippen molar-refractivity contribution in [3.8, 4) is 0 Å². The molecule has 2 amide bonds. The Balaban J connectivity index is 2.83. The Kier molecular flexibility index (Phi) is 11.6. The van der Waals surface area contributed by atoms with Crippen LogP contribution in [0.3, 0.4) is 0 Å². The van der Waals surface area contributed by atoms with Gasteiger partial charge >= 0.3 is 0 Å². The quantitative estimate of drug-likeness (QED) is 0.261. The van der Waals surface area contributed by atoms with Crippen molar-refractivity contribution in [1.82, 2.24) is 16.0 Å². The number of nitrogens with one attached hydrogen (secondary N) is 3. The average molecular weight is 397 g/mol. The SMILES string of the molecule is CCC1(CC)NC(=O)CCCCCCCNCC(CCCN=C(N)N)NC1=O. The third-order valence-corrected chi connectivity index (χ3v) is 5.51. The second-order valence-corrected chi connectivity index (χ2v) is 7.68. The van der Waals surface area contributed by atoms with E-state index in [1.54, 1.807) is 0 Å². The second-order valence-electron chi connectivity index (χ2n) is 7.68. The molecule has 162 valence electrons. The van der Waals surface area contributed by atoms with Crippen LogP contribution < -0.4 is 27.4 Å². The first-order valence-electron chi connectivity index (χ1n) is 10.8. The Morgan fingerprint density at radius 2 is 1.79 bits per heavy atom. The average Bonchev–Trinajstić information content (AvgIpc) is 2.67. The minimum absolute atomic E-state index is 0.0267. The summed E-state index contributed by atoms with van der Waals surface area (Å²) in [5, 5.41) is 9.65. The van der Waals surface area contributed by atoms with E-state index in [0.717, 1.165) is 51.5 Å². The Labute approximate surface area is 169 Å². The molecular weight excluding hydrogens is 356 g/mol. The van der Waals surface area contributed by atoms with Crippen LogP contribution in [0.15, 0.2) is 4.99 Å². The molecule has 0 aromatic heterocycles. The van der Waals surface area contributed by atoms with Gasteiger partial charge in [-0.3, -0.25) is 14.6 Å². The van der Waals surface area contributed by atoms with Crippen molar-refractivity contribution in [2.45, 2.75) is 89.6 Å². The first-order chi connectivity index (χ1) is 13.4. The fourth-order valence-corrected chi connectivity index (χ4v) is 3.57. The van der Waals surface area contributed by atoms with Gasteiger partial charge in [0.25, 0.3) is 0 Å². The molecule has 0 saturated carbocycles. The zero-order valence-electron chi connectivity index (χ0n) is 17.7. The first-order valence-corrected chi connectivity index (χ1v) is 10.8. The Hall–Kier alpha value is -1.83. The van der Waals surface area contributed by atoms with E-state index in [4.69, 9.17) is 11.5 Å². The minimum atomic E-state index is -0.852. The number of amides is 2. The molecule has 0 aromatic carbocycles. The predicted octanol–water partition coefficient (Wildman–Crippen LogP) is 1.14. The number of guanidine groups is 1. The molecule has 1 unspecified atom stereocenters. The number of rotatable bonds is 6. The molecule has 28 heavy (non-hydrogen) atoms. The molecule has 1 fully saturated rings. The van der Waals surface area contributed by atoms with Crippen molar-refractivity contribution in [3.63, 3.8) is 0 Å². The van der Waals surface area contributed by atoms with Crippen molar-refractivity contribution in [1.29, 1.82) is 0 Å². The van der Waals surface area contributed by atoms with Crippen LogP contribution in [-0.4, -0.2) is 49.0 Å². The lowest BCUT2D eigenvalue weighted by Gasteiger charge is -2.33. The van der Waals surface area contributed by atoms with Gasteiger partial charge in [0.1, 0.15) is 5.54 Å². The van der Waals surface area contributed by atoms with Crippen LogP contribution >= 0.6 is 0 Å². The molecule has 1 atom stereocenters. The molecule has 1 heterocycles. The summed E-state index contributed by atoms with van der Waals surface area (Å²) < 4.78 is 0. The van der Waals surface area contributed by atoms with Crippen LogP contribution in [0, 0.1) is 0 Å². The van der Waals surface area contributed by atoms with Gasteiger partial charge in [-0.25, -0.2) is 0 Å². The van der Waals surface area contributed by atoms with Crippen LogP contribution in [0.4, 0.5) is 0 Å². The van der Waals surface area contributed by atoms with E-state index >= 15 is 0 Å². The van der Waals surface area contributed by atoms with Gasteiger partial charge in [0, 0.05) is 25.6 Å². The summed E-state index contributed by atoms with van der Waals surface area (Å²) in [6.07, 6.45) is 8.49. The third kappa shape index (κ3) is 8.91. The molecule has 7 N–H and O–H groups in total. The van der Waals surface area contributed by atoms with E-state index in [1.807, 2.05) is 13.8 Å². The van der Waals surface area contributed by atoms with Crippen molar-refractivity contribution in [3.05, 3.63) is 0 Å². The summed E-state index contributed by atoms with van der Waals surface area (Å²) in [5.41, 5.74) is 9.91. The number of aliphatic imine (C=N–C) groups is 1. The standard InChI is InChI=1S/C20H40N6O2/c1-3-20(4-2)18(28)25-16(11-10-14-24-19(21)22)15-23-13-9-7-5-6-8-12-17(27)26-20/h16,23H,3-15H2,1-2H3,(H,25,28)(H,26,27)(H4,21,22,24). The van der Waals surface area contributed by atoms with E-state index in [9.17, 15) is 9.59 Å². The van der Waals surface area contributed by atoms with Gasteiger partial charge in [0.15, 0.2) is 5.96 Å². The number of nitrogens with zero attached hydrogens (tertiary/aromatic N) is 1. The molecule has 1 aliphatic heterocycles. The predicted molar refractivity (Wildman–Crippen MR) is 114 cm³/mol. The van der Waals surface area contributed by atoms with Crippen molar-refractivity contribution >= 4 is 17.8 Å². The van der Waals surface area contributed by atoms with Crippen molar-refractivity contribution in [2.75, 3.05) is 19.6 Å². The summed E-state index contributed by atoms with van der Waals surface area (Å²) in [7, 11) is 0. The molecule has 8 nitrogen and oxygen atoms in total. The van der Waals surface area contributed by atoms with Gasteiger partial charge < -0.3 is 27.4 Å². The van der Waals surface area contributed by atoms with E-state index in [2.05, 4.69) is 20.9 Å². The van der Waals surface area contributed by atoms with Gasteiger partial charge in [-0.1, -0.05) is 33.1 Å². The maximum atomic E-state index is 13.1. The van der Waals surface area contributed by atoms with Crippen LogP contribution in [0.5, 0.6) is 0 Å². The molecule has 0 spiro atoms. The highest BCUT2D eigenvalue weighted by Crippen LogP contribution is 2.17.